The molecule has 0 aliphatic carbocycles. The molecule has 3 rings (SSSR count). The van der Waals surface area contributed by atoms with Crippen molar-refractivity contribution in [2.75, 3.05) is 18.9 Å². The third-order valence-corrected chi connectivity index (χ3v) is 5.79. The molecule has 1 N–H and O–H groups in total. The van der Waals surface area contributed by atoms with Gasteiger partial charge in [0.1, 0.15) is 0 Å². The van der Waals surface area contributed by atoms with Crippen LogP contribution in [0, 0.1) is 13.8 Å². The van der Waals surface area contributed by atoms with E-state index in [1.54, 1.807) is 28.9 Å². The second kappa shape index (κ2) is 8.60. The van der Waals surface area contributed by atoms with Gasteiger partial charge in [-0.25, -0.2) is 22.7 Å². The van der Waals surface area contributed by atoms with Gasteiger partial charge in [0.15, 0.2) is 0 Å². The number of para-hydroxylation sites is 2. The lowest BCUT2D eigenvalue weighted by atomic mass is 10.1. The van der Waals surface area contributed by atoms with Gasteiger partial charge in [-0.05, 0) is 50.2 Å². The minimum absolute atomic E-state index is 0.0994. The van der Waals surface area contributed by atoms with Gasteiger partial charge in [-0.1, -0.05) is 12.1 Å². The molecule has 1 aromatic heterocycles. The van der Waals surface area contributed by atoms with Crippen molar-refractivity contribution in [2.45, 2.75) is 18.7 Å². The summed E-state index contributed by atoms with van der Waals surface area (Å²) < 4.78 is 39.8. The second-order valence-corrected chi connectivity index (χ2v) is 8.37. The molecule has 0 fully saturated rings. The molecule has 0 spiro atoms. The van der Waals surface area contributed by atoms with E-state index in [9.17, 15) is 18.0 Å². The Morgan fingerprint density at radius 2 is 1.52 bits per heavy atom. The van der Waals surface area contributed by atoms with E-state index >= 15 is 0 Å². The highest BCUT2D eigenvalue weighted by molar-refractivity contribution is 7.92. The smallest absolute Gasteiger partial charge is 0.337 e. The Balaban J connectivity index is 2.09. The fraction of sp³-hybridized carbons (Fsp3) is 0.190. The van der Waals surface area contributed by atoms with Crippen LogP contribution in [0.5, 0.6) is 0 Å². The van der Waals surface area contributed by atoms with Gasteiger partial charge in [-0.2, -0.15) is 5.10 Å². The average Bonchev–Trinajstić information content (AvgIpc) is 3.09. The summed E-state index contributed by atoms with van der Waals surface area (Å²) in [6, 6.07) is 12.1. The summed E-state index contributed by atoms with van der Waals surface area (Å²) in [5.74, 6) is -1.57. The number of esters is 2. The summed E-state index contributed by atoms with van der Waals surface area (Å²) >= 11 is 0. The van der Waals surface area contributed by atoms with Gasteiger partial charge in [0.2, 0.25) is 0 Å². The van der Waals surface area contributed by atoms with E-state index in [0.717, 1.165) is 37.7 Å². The number of hydrogen-bond donors (Lipinski definition) is 1. The monoisotopic (exact) mass is 443 g/mol. The van der Waals surface area contributed by atoms with Crippen LogP contribution in [0.4, 0.5) is 5.69 Å². The fourth-order valence-electron chi connectivity index (χ4n) is 3.05. The highest BCUT2D eigenvalue weighted by atomic mass is 32.2. The number of aromatic nitrogens is 2. The molecule has 1 heterocycles. The molecule has 10 heteroatoms. The first-order valence-corrected chi connectivity index (χ1v) is 10.6. The van der Waals surface area contributed by atoms with Crippen molar-refractivity contribution in [1.29, 1.82) is 0 Å². The minimum Gasteiger partial charge on any atom is -0.465 e. The largest absolute Gasteiger partial charge is 0.465 e. The normalized spacial score (nSPS) is 11.1. The van der Waals surface area contributed by atoms with Crippen LogP contribution in [0.3, 0.4) is 0 Å². The van der Waals surface area contributed by atoms with Crippen molar-refractivity contribution in [2.24, 2.45) is 0 Å². The van der Waals surface area contributed by atoms with E-state index in [1.807, 2.05) is 19.9 Å². The molecule has 0 radical (unpaired) electrons. The molecule has 0 saturated carbocycles. The summed E-state index contributed by atoms with van der Waals surface area (Å²) in [4.78, 5) is 23.7. The number of benzene rings is 2. The van der Waals surface area contributed by atoms with Gasteiger partial charge >= 0.3 is 11.9 Å². The SMILES string of the molecule is COC(=O)c1cc(C(=O)OC)cc(S(=O)(=O)Nc2ccccc2-n2nc(C)cc2C)c1. The zero-order valence-corrected chi connectivity index (χ0v) is 18.2. The van der Waals surface area contributed by atoms with E-state index in [0.29, 0.717) is 5.69 Å². The second-order valence-electron chi connectivity index (χ2n) is 6.69. The number of carbonyl (C=O) groups is 2. The molecule has 162 valence electrons. The molecule has 2 aromatic carbocycles. The highest BCUT2D eigenvalue weighted by Crippen LogP contribution is 2.26. The molecule has 0 unspecified atom stereocenters. The lowest BCUT2D eigenvalue weighted by molar-refractivity contribution is 0.0598. The van der Waals surface area contributed by atoms with Crippen LogP contribution in [0.25, 0.3) is 5.69 Å². The first-order valence-electron chi connectivity index (χ1n) is 9.13. The Kier molecular flexibility index (Phi) is 6.11. The van der Waals surface area contributed by atoms with Crippen LogP contribution in [0.15, 0.2) is 53.4 Å². The number of rotatable bonds is 6. The number of sulfonamides is 1. The third-order valence-electron chi connectivity index (χ3n) is 4.45. The molecule has 0 atom stereocenters. The topological polar surface area (TPSA) is 117 Å². The van der Waals surface area contributed by atoms with Crippen molar-refractivity contribution in [3.05, 3.63) is 71.0 Å². The summed E-state index contributed by atoms with van der Waals surface area (Å²) in [7, 11) is -1.87. The number of carbonyl (C=O) groups excluding carboxylic acids is 2. The maximum atomic E-state index is 13.2. The predicted molar refractivity (Wildman–Crippen MR) is 113 cm³/mol. The third kappa shape index (κ3) is 4.58. The number of anilines is 1. The highest BCUT2D eigenvalue weighted by Gasteiger charge is 2.22. The van der Waals surface area contributed by atoms with E-state index < -0.39 is 22.0 Å². The van der Waals surface area contributed by atoms with Gasteiger partial charge in [-0.3, -0.25) is 4.72 Å². The number of nitrogens with zero attached hydrogens (tertiary/aromatic N) is 2. The standard InChI is InChI=1S/C21H21N3O6S/c1-13-9-14(2)24(22-13)19-8-6-5-7-18(19)23-31(27,28)17-11-15(20(25)29-3)10-16(12-17)21(26)30-4/h5-12,23H,1-4H3. The number of hydrogen-bond acceptors (Lipinski definition) is 7. The van der Waals surface area contributed by atoms with E-state index in [-0.39, 0.29) is 21.7 Å². The van der Waals surface area contributed by atoms with Gasteiger partial charge in [0.25, 0.3) is 10.0 Å². The maximum Gasteiger partial charge on any atom is 0.337 e. The minimum atomic E-state index is -4.19. The quantitative estimate of drug-likeness (QED) is 0.582. The molecule has 0 saturated heterocycles. The van der Waals surface area contributed by atoms with Crippen LogP contribution in [0.2, 0.25) is 0 Å². The number of ether oxygens (including phenoxy) is 2. The summed E-state index contributed by atoms with van der Waals surface area (Å²) in [5, 5.41) is 4.40. The molecule has 0 aliphatic heterocycles. The van der Waals surface area contributed by atoms with Crippen molar-refractivity contribution in [1.82, 2.24) is 9.78 Å². The Labute approximate surface area is 179 Å². The zero-order valence-electron chi connectivity index (χ0n) is 17.4. The molecule has 3 aromatic rings. The van der Waals surface area contributed by atoms with Crippen molar-refractivity contribution < 1.29 is 27.5 Å². The maximum absolute atomic E-state index is 13.2. The van der Waals surface area contributed by atoms with Crippen LogP contribution in [0.1, 0.15) is 32.1 Å². The molecular weight excluding hydrogens is 422 g/mol. The summed E-state index contributed by atoms with van der Waals surface area (Å²) in [5.41, 5.74) is 2.20. The Bertz CT molecular complexity index is 1230. The van der Waals surface area contributed by atoms with Gasteiger partial charge in [0.05, 0.1) is 47.3 Å². The molecule has 0 bridgehead atoms. The fourth-order valence-corrected chi connectivity index (χ4v) is 4.19. The first kappa shape index (κ1) is 22.0. The lowest BCUT2D eigenvalue weighted by Gasteiger charge is -2.15. The summed E-state index contributed by atoms with van der Waals surface area (Å²) in [6.07, 6.45) is 0. The number of methoxy groups -OCH3 is 2. The molecule has 31 heavy (non-hydrogen) atoms. The zero-order chi connectivity index (χ0) is 22.8. The van der Waals surface area contributed by atoms with Gasteiger partial charge < -0.3 is 9.47 Å². The molecular formula is C21H21N3O6S. The molecule has 0 amide bonds. The summed E-state index contributed by atoms with van der Waals surface area (Å²) in [6.45, 7) is 3.69. The first-order chi connectivity index (χ1) is 14.7. The van der Waals surface area contributed by atoms with Crippen molar-refractivity contribution >= 4 is 27.6 Å². The Morgan fingerprint density at radius 3 is 2.03 bits per heavy atom. The molecule has 0 aliphatic rings. The van der Waals surface area contributed by atoms with Gasteiger partial charge in [-0.15, -0.1) is 0 Å². The van der Waals surface area contributed by atoms with Crippen LogP contribution in [-0.4, -0.2) is 44.4 Å². The van der Waals surface area contributed by atoms with Gasteiger partial charge in [0, 0.05) is 5.69 Å². The Hall–Kier alpha value is -3.66. The predicted octanol–water partition coefficient (Wildman–Crippen LogP) is 2.86. The van der Waals surface area contributed by atoms with E-state index in [4.69, 9.17) is 0 Å². The van der Waals surface area contributed by atoms with Crippen molar-refractivity contribution in [3.63, 3.8) is 0 Å². The Morgan fingerprint density at radius 1 is 0.935 bits per heavy atom. The van der Waals surface area contributed by atoms with Crippen LogP contribution in [-0.2, 0) is 19.5 Å². The molecule has 9 nitrogen and oxygen atoms in total. The van der Waals surface area contributed by atoms with Crippen molar-refractivity contribution in [3.8, 4) is 5.69 Å². The lowest BCUT2D eigenvalue weighted by Crippen LogP contribution is -2.17. The van der Waals surface area contributed by atoms with Crippen LogP contribution >= 0.6 is 0 Å². The van der Waals surface area contributed by atoms with E-state index in [1.165, 1.54) is 6.07 Å². The van der Waals surface area contributed by atoms with E-state index in [2.05, 4.69) is 19.3 Å². The van der Waals surface area contributed by atoms with Crippen LogP contribution < -0.4 is 4.72 Å². The number of aryl methyl sites for hydroxylation is 2. The average molecular weight is 443 g/mol. The number of nitrogens with one attached hydrogen (secondary N) is 1.